The highest BCUT2D eigenvalue weighted by molar-refractivity contribution is 5.78. The summed E-state index contributed by atoms with van der Waals surface area (Å²) in [6, 6.07) is 8.56. The summed E-state index contributed by atoms with van der Waals surface area (Å²) < 4.78 is 10.8. The first kappa shape index (κ1) is 22.4. The van der Waals surface area contributed by atoms with E-state index in [2.05, 4.69) is 34.2 Å². The topological polar surface area (TPSA) is 83.6 Å². The first-order valence-corrected chi connectivity index (χ1v) is 10.7. The van der Waals surface area contributed by atoms with Gasteiger partial charge in [-0.15, -0.1) is 0 Å². The second-order valence-electron chi connectivity index (χ2n) is 8.83. The van der Waals surface area contributed by atoms with Crippen LogP contribution in [0.25, 0.3) is 0 Å². The molecule has 0 atom stereocenters. The van der Waals surface area contributed by atoms with Crippen LogP contribution < -0.4 is 5.73 Å². The monoisotopic (exact) mass is 417 g/mol. The molecule has 1 amide bonds. The highest BCUT2D eigenvalue weighted by Gasteiger charge is 2.26. The van der Waals surface area contributed by atoms with Crippen LogP contribution in [0.5, 0.6) is 0 Å². The average Bonchev–Trinajstić information content (AvgIpc) is 2.73. The number of hydrogen-bond donors (Lipinski definition) is 1. The molecule has 8 nitrogen and oxygen atoms in total. The first-order valence-electron chi connectivity index (χ1n) is 10.7. The van der Waals surface area contributed by atoms with Gasteiger partial charge in [0.25, 0.3) is 0 Å². The molecule has 1 aromatic rings. The van der Waals surface area contributed by atoms with Crippen molar-refractivity contribution in [3.8, 4) is 0 Å². The van der Waals surface area contributed by atoms with E-state index in [1.54, 1.807) is 4.90 Å². The van der Waals surface area contributed by atoms with Crippen LogP contribution in [0, 0.1) is 0 Å². The van der Waals surface area contributed by atoms with E-state index in [1.807, 2.05) is 25.7 Å². The summed E-state index contributed by atoms with van der Waals surface area (Å²) in [6.07, 6.45) is -0.269. The second kappa shape index (κ2) is 10.1. The molecule has 1 aromatic carbocycles. The van der Waals surface area contributed by atoms with E-state index in [1.165, 1.54) is 5.56 Å². The molecule has 2 heterocycles. The maximum absolute atomic E-state index is 12.2. The zero-order valence-corrected chi connectivity index (χ0v) is 18.5. The molecule has 0 aromatic heterocycles. The van der Waals surface area contributed by atoms with Crippen molar-refractivity contribution in [1.82, 2.24) is 14.7 Å². The first-order chi connectivity index (χ1) is 14.3. The molecule has 2 aliphatic heterocycles. The summed E-state index contributed by atoms with van der Waals surface area (Å²) in [6.45, 7) is 13.2. The van der Waals surface area contributed by atoms with Gasteiger partial charge in [0.05, 0.1) is 19.8 Å². The van der Waals surface area contributed by atoms with Crippen LogP contribution in [0.3, 0.4) is 0 Å². The molecule has 2 N–H and O–H groups in total. The van der Waals surface area contributed by atoms with Crippen LogP contribution in [0.2, 0.25) is 0 Å². The van der Waals surface area contributed by atoms with Crippen LogP contribution in [-0.2, 0) is 22.6 Å². The maximum atomic E-state index is 12.2. The molecule has 0 aliphatic carbocycles. The summed E-state index contributed by atoms with van der Waals surface area (Å²) in [5.74, 6) is 0.524. The predicted molar refractivity (Wildman–Crippen MR) is 117 cm³/mol. The summed E-state index contributed by atoms with van der Waals surface area (Å²) in [5.41, 5.74) is 8.15. The number of aliphatic imine (C=N–C) groups is 1. The van der Waals surface area contributed by atoms with Gasteiger partial charge in [-0.2, -0.15) is 0 Å². The van der Waals surface area contributed by atoms with Crippen molar-refractivity contribution < 1.29 is 14.3 Å². The second-order valence-corrected chi connectivity index (χ2v) is 8.83. The fraction of sp³-hybridized carbons (Fsp3) is 0.636. The molecule has 0 spiro atoms. The Balaban J connectivity index is 1.44. The lowest BCUT2D eigenvalue weighted by Crippen LogP contribution is -2.53. The van der Waals surface area contributed by atoms with Crippen LogP contribution in [0.1, 0.15) is 31.9 Å². The largest absolute Gasteiger partial charge is 0.444 e. The Morgan fingerprint density at radius 2 is 1.57 bits per heavy atom. The van der Waals surface area contributed by atoms with Gasteiger partial charge in [-0.1, -0.05) is 24.3 Å². The number of carbonyl (C=O) groups excluding carboxylic acids is 1. The highest BCUT2D eigenvalue weighted by atomic mass is 16.6. The minimum atomic E-state index is -0.480. The van der Waals surface area contributed by atoms with E-state index in [0.717, 1.165) is 38.4 Å². The van der Waals surface area contributed by atoms with Gasteiger partial charge in [-0.3, -0.25) is 4.90 Å². The minimum absolute atomic E-state index is 0.269. The van der Waals surface area contributed by atoms with Gasteiger partial charge in [-0.05, 0) is 31.9 Å². The van der Waals surface area contributed by atoms with Gasteiger partial charge in [-0.25, -0.2) is 9.79 Å². The Hall–Kier alpha value is -2.32. The number of nitrogens with two attached hydrogens (primary N) is 1. The summed E-state index contributed by atoms with van der Waals surface area (Å²) in [7, 11) is 0. The quantitative estimate of drug-likeness (QED) is 0.595. The van der Waals surface area contributed by atoms with Gasteiger partial charge in [0.15, 0.2) is 5.96 Å². The van der Waals surface area contributed by atoms with Crippen molar-refractivity contribution in [2.45, 2.75) is 39.5 Å². The van der Waals surface area contributed by atoms with Crippen molar-refractivity contribution in [3.63, 3.8) is 0 Å². The molecule has 8 heteroatoms. The van der Waals surface area contributed by atoms with E-state index in [9.17, 15) is 4.79 Å². The number of benzene rings is 1. The molecule has 0 unspecified atom stereocenters. The van der Waals surface area contributed by atoms with Crippen LogP contribution in [-0.4, -0.2) is 84.8 Å². The maximum Gasteiger partial charge on any atom is 0.410 e. The smallest absolute Gasteiger partial charge is 0.410 e. The zero-order valence-electron chi connectivity index (χ0n) is 18.5. The molecule has 0 bridgehead atoms. The van der Waals surface area contributed by atoms with Crippen molar-refractivity contribution in [3.05, 3.63) is 35.4 Å². The number of nitrogens with zero attached hydrogens (tertiary/aromatic N) is 4. The fourth-order valence-corrected chi connectivity index (χ4v) is 3.48. The summed E-state index contributed by atoms with van der Waals surface area (Å²) in [5, 5.41) is 0. The fourth-order valence-electron chi connectivity index (χ4n) is 3.48. The number of guanidine groups is 1. The number of piperazine rings is 1. The predicted octanol–water partition coefficient (Wildman–Crippen LogP) is 1.89. The molecular weight excluding hydrogens is 382 g/mol. The molecule has 2 saturated heterocycles. The normalized spacial score (nSPS) is 19.1. The van der Waals surface area contributed by atoms with Gasteiger partial charge < -0.3 is 25.0 Å². The molecule has 2 fully saturated rings. The van der Waals surface area contributed by atoms with Crippen molar-refractivity contribution >= 4 is 12.1 Å². The molecule has 2 aliphatic rings. The number of morpholine rings is 1. The zero-order chi connectivity index (χ0) is 21.6. The van der Waals surface area contributed by atoms with Crippen molar-refractivity contribution in [2.75, 3.05) is 52.5 Å². The van der Waals surface area contributed by atoms with E-state index in [-0.39, 0.29) is 6.09 Å². The standard InChI is InChI=1S/C22H35N5O3/c1-22(2,3)30-21(28)27-10-8-26(9-11-27)20(23)24-16-18-4-6-19(7-5-18)17-25-12-14-29-15-13-25/h4-7H,8-17H2,1-3H3,(H2,23,24). The van der Waals surface area contributed by atoms with E-state index in [0.29, 0.717) is 38.7 Å². The van der Waals surface area contributed by atoms with Gasteiger partial charge in [0, 0.05) is 45.8 Å². The molecule has 0 saturated carbocycles. The lowest BCUT2D eigenvalue weighted by Gasteiger charge is -2.36. The van der Waals surface area contributed by atoms with Crippen LogP contribution in [0.4, 0.5) is 4.79 Å². The lowest BCUT2D eigenvalue weighted by molar-refractivity contribution is 0.0186. The third kappa shape index (κ3) is 6.88. The molecular formula is C22H35N5O3. The number of carbonyl (C=O) groups is 1. The van der Waals surface area contributed by atoms with Gasteiger partial charge in [0.1, 0.15) is 5.60 Å². The Morgan fingerprint density at radius 3 is 2.17 bits per heavy atom. The Kier molecular flexibility index (Phi) is 7.55. The summed E-state index contributed by atoms with van der Waals surface area (Å²) in [4.78, 5) is 22.9. The Bertz CT molecular complexity index is 715. The molecule has 30 heavy (non-hydrogen) atoms. The third-order valence-corrected chi connectivity index (χ3v) is 5.21. The van der Waals surface area contributed by atoms with Crippen LogP contribution >= 0.6 is 0 Å². The van der Waals surface area contributed by atoms with E-state index >= 15 is 0 Å². The molecule has 0 radical (unpaired) electrons. The Labute approximate surface area is 179 Å². The molecule has 166 valence electrons. The highest BCUT2D eigenvalue weighted by Crippen LogP contribution is 2.13. The SMILES string of the molecule is CC(C)(C)OC(=O)N1CCN(C(N)=NCc2ccc(CN3CCOCC3)cc2)CC1. The Morgan fingerprint density at radius 1 is 1.00 bits per heavy atom. The number of rotatable bonds is 4. The van der Waals surface area contributed by atoms with Crippen molar-refractivity contribution in [2.24, 2.45) is 10.7 Å². The lowest BCUT2D eigenvalue weighted by atomic mass is 10.1. The number of hydrogen-bond acceptors (Lipinski definition) is 5. The van der Waals surface area contributed by atoms with E-state index in [4.69, 9.17) is 15.2 Å². The summed E-state index contributed by atoms with van der Waals surface area (Å²) >= 11 is 0. The van der Waals surface area contributed by atoms with Gasteiger partial charge >= 0.3 is 6.09 Å². The van der Waals surface area contributed by atoms with E-state index < -0.39 is 5.60 Å². The number of ether oxygens (including phenoxy) is 2. The van der Waals surface area contributed by atoms with Crippen molar-refractivity contribution in [1.29, 1.82) is 0 Å². The minimum Gasteiger partial charge on any atom is -0.444 e. The molecule has 3 rings (SSSR count). The average molecular weight is 418 g/mol. The third-order valence-electron chi connectivity index (χ3n) is 5.21. The van der Waals surface area contributed by atoms with Crippen LogP contribution in [0.15, 0.2) is 29.3 Å². The van der Waals surface area contributed by atoms with Gasteiger partial charge in [0.2, 0.25) is 0 Å². The number of amides is 1.